The molecule has 0 saturated carbocycles. The molecule has 0 aliphatic carbocycles. The second kappa shape index (κ2) is 5.41. The van der Waals surface area contributed by atoms with Gasteiger partial charge < -0.3 is 5.11 Å². The zero-order valence-electron chi connectivity index (χ0n) is 12.1. The number of benzene rings is 1. The summed E-state index contributed by atoms with van der Waals surface area (Å²) in [7, 11) is 0. The largest absolute Gasteiger partial charge is 0.481 e. The van der Waals surface area contributed by atoms with Crippen LogP contribution < -0.4 is 5.56 Å². The van der Waals surface area contributed by atoms with Crippen molar-refractivity contribution in [1.29, 1.82) is 0 Å². The average molecular weight is 309 g/mol. The summed E-state index contributed by atoms with van der Waals surface area (Å²) in [6.07, 6.45) is -0.303. The van der Waals surface area contributed by atoms with Crippen molar-refractivity contribution >= 4 is 17.6 Å². The van der Waals surface area contributed by atoms with Crippen LogP contribution in [0, 0.1) is 0 Å². The van der Waals surface area contributed by atoms with Gasteiger partial charge in [-0.25, -0.2) is 4.68 Å². The second-order valence-electron chi connectivity index (χ2n) is 5.90. The van der Waals surface area contributed by atoms with Crippen LogP contribution in [0.3, 0.4) is 0 Å². The Morgan fingerprint density at radius 3 is 2.33 bits per heavy atom. The first-order chi connectivity index (χ1) is 9.70. The number of carbonyl (C=O) groups is 1. The predicted molar refractivity (Wildman–Crippen MR) is 81.4 cm³/mol. The van der Waals surface area contributed by atoms with Gasteiger partial charge in [-0.1, -0.05) is 32.4 Å². The first-order valence-electron chi connectivity index (χ1n) is 6.52. The number of carboxylic acid groups (broad SMARTS) is 1. The van der Waals surface area contributed by atoms with Crippen molar-refractivity contribution in [2.75, 3.05) is 0 Å². The van der Waals surface area contributed by atoms with Gasteiger partial charge in [0.2, 0.25) is 0 Å². The Morgan fingerprint density at radius 2 is 1.86 bits per heavy atom. The minimum Gasteiger partial charge on any atom is -0.481 e. The molecule has 5 nitrogen and oxygen atoms in total. The highest BCUT2D eigenvalue weighted by molar-refractivity contribution is 6.30. The molecule has 1 aromatic heterocycles. The van der Waals surface area contributed by atoms with Gasteiger partial charge in [0.15, 0.2) is 0 Å². The molecule has 0 spiro atoms. The van der Waals surface area contributed by atoms with Gasteiger partial charge in [0.05, 0.1) is 17.7 Å². The number of carboxylic acids is 1. The molecule has 0 radical (unpaired) electrons. The fraction of sp³-hybridized carbons (Fsp3) is 0.333. The summed E-state index contributed by atoms with van der Waals surface area (Å²) in [5, 5.41) is 12.6. The van der Waals surface area contributed by atoms with E-state index in [0.717, 1.165) is 0 Å². The number of H-pyrrole nitrogens is 1. The second-order valence-corrected chi connectivity index (χ2v) is 6.34. The van der Waals surface area contributed by atoms with E-state index in [1.54, 1.807) is 24.3 Å². The number of halogens is 1. The molecular weight excluding hydrogens is 292 g/mol. The van der Waals surface area contributed by atoms with E-state index in [1.165, 1.54) is 4.68 Å². The molecule has 0 aliphatic rings. The van der Waals surface area contributed by atoms with Crippen LogP contribution in [0.15, 0.2) is 29.1 Å². The van der Waals surface area contributed by atoms with Crippen molar-refractivity contribution in [1.82, 2.24) is 9.78 Å². The van der Waals surface area contributed by atoms with Crippen LogP contribution in [-0.4, -0.2) is 20.9 Å². The molecule has 0 bridgehead atoms. The predicted octanol–water partition coefficient (Wildman–Crippen LogP) is 2.74. The molecule has 0 amide bonds. The summed E-state index contributed by atoms with van der Waals surface area (Å²) < 4.78 is 1.36. The number of nitrogens with one attached hydrogen (secondary N) is 1. The van der Waals surface area contributed by atoms with Crippen LogP contribution >= 0.6 is 11.6 Å². The maximum Gasteiger partial charge on any atom is 0.308 e. The van der Waals surface area contributed by atoms with Crippen LogP contribution in [0.2, 0.25) is 5.02 Å². The third-order valence-corrected chi connectivity index (χ3v) is 3.40. The van der Waals surface area contributed by atoms with Gasteiger partial charge in [0, 0.05) is 16.1 Å². The fourth-order valence-electron chi connectivity index (χ4n) is 2.18. The van der Waals surface area contributed by atoms with Crippen LogP contribution in [0.5, 0.6) is 0 Å². The topological polar surface area (TPSA) is 75.1 Å². The minimum atomic E-state index is -1.03. The van der Waals surface area contributed by atoms with Crippen molar-refractivity contribution in [3.8, 4) is 5.69 Å². The van der Waals surface area contributed by atoms with Crippen LogP contribution in [-0.2, 0) is 16.6 Å². The molecule has 0 fully saturated rings. The highest BCUT2D eigenvalue weighted by Crippen LogP contribution is 2.23. The Labute approximate surface area is 127 Å². The van der Waals surface area contributed by atoms with Crippen LogP contribution in [0.25, 0.3) is 5.69 Å². The van der Waals surface area contributed by atoms with Gasteiger partial charge in [-0.05, 0) is 24.3 Å². The number of hydrogen-bond acceptors (Lipinski definition) is 2. The molecule has 0 saturated heterocycles. The third kappa shape index (κ3) is 3.19. The Hall–Kier alpha value is -2.01. The van der Waals surface area contributed by atoms with E-state index in [-0.39, 0.29) is 23.0 Å². The molecular formula is C15H17ClN2O3. The molecule has 0 unspecified atom stereocenters. The maximum atomic E-state index is 12.5. The summed E-state index contributed by atoms with van der Waals surface area (Å²) in [4.78, 5) is 23.5. The monoisotopic (exact) mass is 308 g/mol. The first kappa shape index (κ1) is 15.4. The highest BCUT2D eigenvalue weighted by atomic mass is 35.5. The zero-order chi connectivity index (χ0) is 15.8. The first-order valence-corrected chi connectivity index (χ1v) is 6.90. The van der Waals surface area contributed by atoms with Gasteiger partial charge in [-0.3, -0.25) is 14.7 Å². The summed E-state index contributed by atoms with van der Waals surface area (Å²) >= 11 is 5.84. The van der Waals surface area contributed by atoms with E-state index >= 15 is 0 Å². The molecule has 2 aromatic rings. The Bertz CT molecular complexity index is 721. The van der Waals surface area contributed by atoms with Crippen molar-refractivity contribution in [3.05, 3.63) is 50.9 Å². The maximum absolute atomic E-state index is 12.5. The number of nitrogens with zero attached hydrogens (tertiary/aromatic N) is 1. The highest BCUT2D eigenvalue weighted by Gasteiger charge is 2.26. The Balaban J connectivity index is 2.64. The third-order valence-electron chi connectivity index (χ3n) is 3.15. The van der Waals surface area contributed by atoms with Crippen LogP contribution in [0.4, 0.5) is 0 Å². The van der Waals surface area contributed by atoms with E-state index in [0.29, 0.717) is 16.4 Å². The van der Waals surface area contributed by atoms with E-state index in [2.05, 4.69) is 5.10 Å². The SMILES string of the molecule is CC(C)(C)c1[nH]n(-c2ccc(Cl)cc2)c(=O)c1CC(=O)O. The summed E-state index contributed by atoms with van der Waals surface area (Å²) in [6, 6.07) is 6.77. The molecule has 2 N–H and O–H groups in total. The normalized spacial score (nSPS) is 11.6. The van der Waals surface area contributed by atoms with E-state index in [4.69, 9.17) is 16.7 Å². The van der Waals surface area contributed by atoms with Gasteiger partial charge in [0.1, 0.15) is 0 Å². The number of hydrogen-bond donors (Lipinski definition) is 2. The molecule has 21 heavy (non-hydrogen) atoms. The summed E-state index contributed by atoms with van der Waals surface area (Å²) in [5.74, 6) is -1.03. The van der Waals surface area contributed by atoms with Crippen molar-refractivity contribution in [3.63, 3.8) is 0 Å². The molecule has 6 heteroatoms. The van der Waals surface area contributed by atoms with E-state index in [1.807, 2.05) is 20.8 Å². The summed E-state index contributed by atoms with van der Waals surface area (Å²) in [5.41, 5.74) is 0.827. The number of rotatable bonds is 3. The van der Waals surface area contributed by atoms with Crippen molar-refractivity contribution < 1.29 is 9.90 Å². The Kier molecular flexibility index (Phi) is 3.96. The molecule has 1 heterocycles. The lowest BCUT2D eigenvalue weighted by atomic mass is 9.89. The number of aromatic nitrogens is 2. The van der Waals surface area contributed by atoms with Gasteiger partial charge in [-0.15, -0.1) is 0 Å². The average Bonchev–Trinajstić information content (AvgIpc) is 2.68. The number of aromatic amines is 1. The quantitative estimate of drug-likeness (QED) is 0.915. The van der Waals surface area contributed by atoms with Crippen molar-refractivity contribution in [2.24, 2.45) is 0 Å². The fourth-order valence-corrected chi connectivity index (χ4v) is 2.31. The van der Waals surface area contributed by atoms with Gasteiger partial charge in [0.25, 0.3) is 5.56 Å². The zero-order valence-corrected chi connectivity index (χ0v) is 12.9. The molecule has 1 aromatic carbocycles. The lowest BCUT2D eigenvalue weighted by Gasteiger charge is -2.17. The van der Waals surface area contributed by atoms with E-state index in [9.17, 15) is 9.59 Å². The van der Waals surface area contributed by atoms with Gasteiger partial charge >= 0.3 is 5.97 Å². The molecule has 0 aliphatic heterocycles. The Morgan fingerprint density at radius 1 is 1.29 bits per heavy atom. The number of aliphatic carboxylic acids is 1. The minimum absolute atomic E-state index is 0.282. The van der Waals surface area contributed by atoms with E-state index < -0.39 is 5.97 Å². The standard InChI is InChI=1S/C15H17ClN2O3/c1-15(2,3)13-11(8-12(19)20)14(21)18(17-13)10-6-4-9(16)5-7-10/h4-7,17H,8H2,1-3H3,(H,19,20). The van der Waals surface area contributed by atoms with Gasteiger partial charge in [-0.2, -0.15) is 0 Å². The summed E-state index contributed by atoms with van der Waals surface area (Å²) in [6.45, 7) is 5.78. The smallest absolute Gasteiger partial charge is 0.308 e. The lowest BCUT2D eigenvalue weighted by molar-refractivity contribution is -0.136. The van der Waals surface area contributed by atoms with Crippen LogP contribution in [0.1, 0.15) is 32.0 Å². The molecule has 112 valence electrons. The molecule has 2 rings (SSSR count). The van der Waals surface area contributed by atoms with Crippen molar-refractivity contribution in [2.45, 2.75) is 32.6 Å². The lowest BCUT2D eigenvalue weighted by Crippen LogP contribution is -2.21. The molecule has 0 atom stereocenters.